The van der Waals surface area contributed by atoms with E-state index in [1.54, 1.807) is 6.92 Å². The van der Waals surface area contributed by atoms with Gasteiger partial charge in [0, 0.05) is 16.0 Å². The highest BCUT2D eigenvalue weighted by Gasteiger charge is 2.29. The maximum Gasteiger partial charge on any atom is 0.321 e. The molecule has 0 saturated heterocycles. The summed E-state index contributed by atoms with van der Waals surface area (Å²) >= 11 is 0. The van der Waals surface area contributed by atoms with Crippen molar-refractivity contribution in [1.29, 1.82) is 0 Å². The molecule has 0 aromatic heterocycles. The van der Waals surface area contributed by atoms with Crippen LogP contribution >= 0.6 is 0 Å². The van der Waals surface area contributed by atoms with E-state index in [1.165, 1.54) is 0 Å². The van der Waals surface area contributed by atoms with Crippen LogP contribution in [0.25, 0.3) is 0 Å². The predicted octanol–water partition coefficient (Wildman–Crippen LogP) is 2.12. The average molecular weight is 234 g/mol. The quantitative estimate of drug-likeness (QED) is 0.661. The van der Waals surface area contributed by atoms with E-state index in [0.29, 0.717) is 18.9 Å². The van der Waals surface area contributed by atoms with Gasteiger partial charge in [0.05, 0.1) is 6.61 Å². The second kappa shape index (κ2) is 6.99. The molecule has 0 aromatic rings. The zero-order valence-corrected chi connectivity index (χ0v) is 11.1. The van der Waals surface area contributed by atoms with Crippen molar-refractivity contribution in [2.75, 3.05) is 6.61 Å². The van der Waals surface area contributed by atoms with Crippen molar-refractivity contribution < 1.29 is 13.7 Å². The minimum absolute atomic E-state index is 0.0272. The van der Waals surface area contributed by atoms with Crippen LogP contribution in [0.5, 0.6) is 0 Å². The van der Waals surface area contributed by atoms with E-state index in [4.69, 9.17) is 4.74 Å². The van der Waals surface area contributed by atoms with Crippen LogP contribution in [0.15, 0.2) is 0 Å². The molecule has 0 heterocycles. The monoisotopic (exact) mass is 234 g/mol. The van der Waals surface area contributed by atoms with Crippen molar-refractivity contribution in [1.82, 2.24) is 0 Å². The molecule has 4 heteroatoms. The zero-order valence-electron chi connectivity index (χ0n) is 10.3. The summed E-state index contributed by atoms with van der Waals surface area (Å²) in [5.74, 6) is -0.0138. The Morgan fingerprint density at radius 2 is 1.80 bits per heavy atom. The molecule has 90 valence electrons. The van der Waals surface area contributed by atoms with Gasteiger partial charge in [-0.15, -0.1) is 0 Å². The molecule has 0 amide bonds. The van der Waals surface area contributed by atoms with Crippen LogP contribution in [-0.4, -0.2) is 27.3 Å². The molecule has 0 aliphatic rings. The third-order valence-electron chi connectivity index (χ3n) is 2.51. The van der Waals surface area contributed by atoms with Crippen LogP contribution in [-0.2, 0) is 20.3 Å². The number of carbonyl (C=O) groups excluding carboxylic acids is 1. The summed E-state index contributed by atoms with van der Waals surface area (Å²) in [7, 11) is -1.14. The van der Waals surface area contributed by atoms with Crippen molar-refractivity contribution in [3.63, 3.8) is 0 Å². The molecule has 0 aliphatic heterocycles. The summed E-state index contributed by atoms with van der Waals surface area (Å²) in [4.78, 5) is 11.5. The van der Waals surface area contributed by atoms with Gasteiger partial charge in [0.25, 0.3) is 0 Å². The largest absolute Gasteiger partial charge is 0.465 e. The van der Waals surface area contributed by atoms with Crippen LogP contribution in [0.4, 0.5) is 0 Å². The molecule has 0 fully saturated rings. The van der Waals surface area contributed by atoms with Gasteiger partial charge >= 0.3 is 5.97 Å². The first-order valence-corrected chi connectivity index (χ1v) is 6.79. The standard InChI is InChI=1S/C11H22O3S/c1-6-10(11(12)14-7-2)15(13)9(5)8(3)4/h8-10H,6-7H2,1-5H3. The SMILES string of the molecule is CCOC(=O)C(CC)S(=O)C(C)C(C)C. The normalized spacial score (nSPS) is 17.2. The van der Waals surface area contributed by atoms with Gasteiger partial charge in [-0.25, -0.2) is 0 Å². The summed E-state index contributed by atoms with van der Waals surface area (Å²) in [6, 6.07) is 0. The Balaban J connectivity index is 4.53. The topological polar surface area (TPSA) is 43.4 Å². The third-order valence-corrected chi connectivity index (χ3v) is 4.87. The fourth-order valence-corrected chi connectivity index (χ4v) is 2.83. The lowest BCUT2D eigenvalue weighted by molar-refractivity contribution is -0.142. The van der Waals surface area contributed by atoms with E-state index >= 15 is 0 Å². The Morgan fingerprint density at radius 1 is 1.27 bits per heavy atom. The molecule has 3 nitrogen and oxygen atoms in total. The minimum atomic E-state index is -1.14. The van der Waals surface area contributed by atoms with Gasteiger partial charge in [0.1, 0.15) is 5.25 Å². The second-order valence-corrected chi connectivity index (χ2v) is 5.90. The van der Waals surface area contributed by atoms with Crippen molar-refractivity contribution in [2.45, 2.75) is 51.5 Å². The molecule has 15 heavy (non-hydrogen) atoms. The van der Waals surface area contributed by atoms with Crippen LogP contribution in [0.3, 0.4) is 0 Å². The lowest BCUT2D eigenvalue weighted by atomic mass is 10.2. The Labute approximate surface area is 95.0 Å². The Hall–Kier alpha value is -0.380. The third kappa shape index (κ3) is 4.33. The summed E-state index contributed by atoms with van der Waals surface area (Å²) < 4.78 is 17.0. The summed E-state index contributed by atoms with van der Waals surface area (Å²) in [6.07, 6.45) is 0.572. The highest BCUT2D eigenvalue weighted by Crippen LogP contribution is 2.16. The summed E-state index contributed by atoms with van der Waals surface area (Å²) in [6.45, 7) is 9.93. The minimum Gasteiger partial charge on any atom is -0.465 e. The van der Waals surface area contributed by atoms with E-state index in [9.17, 15) is 9.00 Å². The molecule has 0 saturated carbocycles. The first-order chi connectivity index (χ1) is 6.95. The number of rotatable bonds is 6. The molecule has 0 radical (unpaired) electrons. The highest BCUT2D eigenvalue weighted by atomic mass is 32.2. The van der Waals surface area contributed by atoms with Gasteiger partial charge in [0.2, 0.25) is 0 Å². The molecular formula is C11H22O3S. The number of ether oxygens (including phenoxy) is 1. The van der Waals surface area contributed by atoms with Gasteiger partial charge in [-0.2, -0.15) is 0 Å². The van der Waals surface area contributed by atoms with Crippen molar-refractivity contribution >= 4 is 16.8 Å². The molecule has 3 atom stereocenters. The van der Waals surface area contributed by atoms with E-state index in [1.807, 2.05) is 27.7 Å². The van der Waals surface area contributed by atoms with Crippen molar-refractivity contribution in [3.8, 4) is 0 Å². The Kier molecular flexibility index (Phi) is 6.81. The van der Waals surface area contributed by atoms with E-state index in [0.717, 1.165) is 0 Å². The maximum absolute atomic E-state index is 12.0. The molecule has 0 spiro atoms. The molecule has 0 bridgehead atoms. The van der Waals surface area contributed by atoms with E-state index < -0.39 is 16.0 Å². The average Bonchev–Trinajstić information content (AvgIpc) is 2.17. The fourth-order valence-electron chi connectivity index (χ4n) is 1.19. The second-order valence-electron chi connectivity index (χ2n) is 3.93. The number of carbonyl (C=O) groups is 1. The summed E-state index contributed by atoms with van der Waals surface area (Å²) in [5, 5.41) is -0.443. The Bertz CT molecular complexity index is 226. The van der Waals surface area contributed by atoms with Crippen molar-refractivity contribution in [2.24, 2.45) is 5.92 Å². The van der Waals surface area contributed by atoms with E-state index in [-0.39, 0.29) is 11.2 Å². The van der Waals surface area contributed by atoms with Crippen LogP contribution < -0.4 is 0 Å². The smallest absolute Gasteiger partial charge is 0.321 e. The van der Waals surface area contributed by atoms with Gasteiger partial charge in [-0.1, -0.05) is 27.7 Å². The van der Waals surface area contributed by atoms with Gasteiger partial charge in [-0.3, -0.25) is 9.00 Å². The molecule has 3 unspecified atom stereocenters. The number of hydrogen-bond donors (Lipinski definition) is 0. The first-order valence-electron chi connectivity index (χ1n) is 5.51. The number of hydrogen-bond acceptors (Lipinski definition) is 3. The van der Waals surface area contributed by atoms with E-state index in [2.05, 4.69) is 0 Å². The summed E-state index contributed by atoms with van der Waals surface area (Å²) in [5.41, 5.74) is 0. The van der Waals surface area contributed by atoms with Crippen LogP contribution in [0.1, 0.15) is 41.0 Å². The lowest BCUT2D eigenvalue weighted by Crippen LogP contribution is -2.34. The molecule has 0 aromatic carbocycles. The van der Waals surface area contributed by atoms with Gasteiger partial charge in [0.15, 0.2) is 0 Å². The molecule has 0 N–H and O–H groups in total. The lowest BCUT2D eigenvalue weighted by Gasteiger charge is -2.20. The van der Waals surface area contributed by atoms with Gasteiger partial charge in [-0.05, 0) is 19.3 Å². The van der Waals surface area contributed by atoms with Gasteiger partial charge < -0.3 is 4.74 Å². The highest BCUT2D eigenvalue weighted by molar-refractivity contribution is 7.87. The van der Waals surface area contributed by atoms with Crippen LogP contribution in [0.2, 0.25) is 0 Å². The zero-order chi connectivity index (χ0) is 12.0. The first kappa shape index (κ1) is 14.6. The molecular weight excluding hydrogens is 212 g/mol. The Morgan fingerprint density at radius 3 is 2.13 bits per heavy atom. The maximum atomic E-state index is 12.0. The van der Waals surface area contributed by atoms with Crippen LogP contribution in [0, 0.1) is 5.92 Å². The predicted molar refractivity (Wildman–Crippen MR) is 63.2 cm³/mol. The molecule has 0 rings (SSSR count). The fraction of sp³-hybridized carbons (Fsp3) is 0.909. The van der Waals surface area contributed by atoms with Crippen molar-refractivity contribution in [3.05, 3.63) is 0 Å². The number of esters is 1. The molecule has 0 aliphatic carbocycles.